The molecule has 1 aliphatic heterocycles. The minimum atomic E-state index is -3.64. The molecule has 0 atom stereocenters. The van der Waals surface area contributed by atoms with Crippen molar-refractivity contribution in [3.8, 4) is 0 Å². The number of benzene rings is 1. The number of carbonyl (C=O) groups excluding carboxylic acids is 1. The molecule has 2 aliphatic rings. The van der Waals surface area contributed by atoms with Gasteiger partial charge in [0, 0.05) is 25.2 Å². The van der Waals surface area contributed by atoms with E-state index in [0.717, 1.165) is 24.8 Å². The number of morpholine rings is 1. The number of hydrogen-bond acceptors (Lipinski definition) is 4. The fourth-order valence-corrected chi connectivity index (χ4v) is 4.55. The second kappa shape index (κ2) is 8.99. The van der Waals surface area contributed by atoms with E-state index in [4.69, 9.17) is 4.74 Å². The van der Waals surface area contributed by atoms with E-state index in [9.17, 15) is 13.2 Å². The maximum Gasteiger partial charge on any atom is 0.254 e. The molecular formula is C20H28N2O4S. The van der Waals surface area contributed by atoms with Gasteiger partial charge in [-0.2, -0.15) is 0 Å². The second-order valence-corrected chi connectivity index (χ2v) is 8.90. The Bertz CT molecular complexity index is 811. The fraction of sp³-hybridized carbons (Fsp3) is 0.550. The van der Waals surface area contributed by atoms with Crippen molar-refractivity contribution in [3.05, 3.63) is 41.0 Å². The molecule has 3 rings (SSSR count). The molecule has 1 aromatic rings. The Morgan fingerprint density at radius 1 is 1.22 bits per heavy atom. The molecule has 6 nitrogen and oxygen atoms in total. The lowest BCUT2D eigenvalue weighted by Gasteiger charge is -2.27. The molecule has 0 saturated carbocycles. The third-order valence-corrected chi connectivity index (χ3v) is 6.63. The van der Waals surface area contributed by atoms with Crippen LogP contribution >= 0.6 is 0 Å². The number of carbonyl (C=O) groups is 1. The van der Waals surface area contributed by atoms with Crippen LogP contribution in [0.1, 0.15) is 48.0 Å². The molecular weight excluding hydrogens is 364 g/mol. The van der Waals surface area contributed by atoms with Crippen LogP contribution in [0.2, 0.25) is 0 Å². The summed E-state index contributed by atoms with van der Waals surface area (Å²) >= 11 is 0. The zero-order valence-electron chi connectivity index (χ0n) is 15.9. The third-order valence-electron chi connectivity index (χ3n) is 5.17. The molecule has 1 aromatic carbocycles. The molecule has 1 fully saturated rings. The normalized spacial score (nSPS) is 18.3. The number of aryl methyl sites for hydroxylation is 1. The van der Waals surface area contributed by atoms with E-state index < -0.39 is 10.0 Å². The van der Waals surface area contributed by atoms with Crippen LogP contribution < -0.4 is 4.72 Å². The Morgan fingerprint density at radius 3 is 2.70 bits per heavy atom. The van der Waals surface area contributed by atoms with Crippen LogP contribution in [0.5, 0.6) is 0 Å². The molecule has 1 saturated heterocycles. The first kappa shape index (κ1) is 20.0. The molecule has 1 N–H and O–H groups in total. The summed E-state index contributed by atoms with van der Waals surface area (Å²) in [5.41, 5.74) is 2.55. The molecule has 0 spiro atoms. The topological polar surface area (TPSA) is 75.7 Å². The number of ether oxygens (including phenoxy) is 1. The molecule has 1 heterocycles. The first-order valence-corrected chi connectivity index (χ1v) is 11.1. The molecule has 148 valence electrons. The molecule has 7 heteroatoms. The lowest BCUT2D eigenvalue weighted by Crippen LogP contribution is -2.41. The van der Waals surface area contributed by atoms with E-state index >= 15 is 0 Å². The summed E-state index contributed by atoms with van der Waals surface area (Å²) in [6.45, 7) is 4.30. The highest BCUT2D eigenvalue weighted by Crippen LogP contribution is 2.21. The Hall–Kier alpha value is -1.70. The van der Waals surface area contributed by atoms with Gasteiger partial charge in [-0.1, -0.05) is 17.7 Å². The van der Waals surface area contributed by atoms with Gasteiger partial charge in [-0.3, -0.25) is 4.79 Å². The summed E-state index contributed by atoms with van der Waals surface area (Å²) in [5.74, 6) is -0.139. The Kier molecular flexibility index (Phi) is 6.68. The van der Waals surface area contributed by atoms with Crippen LogP contribution in [-0.2, 0) is 14.8 Å². The summed E-state index contributed by atoms with van der Waals surface area (Å²) in [6.07, 6.45) is 7.52. The van der Waals surface area contributed by atoms with Crippen LogP contribution in [-0.4, -0.2) is 52.1 Å². The molecule has 0 bridgehead atoms. The van der Waals surface area contributed by atoms with Crippen LogP contribution in [0.15, 0.2) is 34.7 Å². The van der Waals surface area contributed by atoms with Crippen molar-refractivity contribution in [2.24, 2.45) is 0 Å². The number of sulfonamides is 1. The van der Waals surface area contributed by atoms with Crippen LogP contribution in [0, 0.1) is 6.92 Å². The van der Waals surface area contributed by atoms with Crippen molar-refractivity contribution in [1.82, 2.24) is 9.62 Å². The monoisotopic (exact) mass is 392 g/mol. The standard InChI is InChI=1S/C20H28N2O4S/c1-16-7-8-18(15-19(16)20(23)22-11-13-26-14-12-22)27(24,25)21-10-9-17-5-3-2-4-6-17/h5,7-8,15,21H,2-4,6,9-14H2,1H3. The SMILES string of the molecule is Cc1ccc(S(=O)(=O)NCCC2=CCCCC2)cc1C(=O)N1CCOCC1. The molecule has 1 aliphatic carbocycles. The predicted octanol–water partition coefficient (Wildman–Crippen LogP) is 2.64. The van der Waals surface area contributed by atoms with Gasteiger partial charge in [-0.05, 0) is 56.7 Å². The van der Waals surface area contributed by atoms with E-state index in [1.54, 1.807) is 17.0 Å². The zero-order valence-corrected chi connectivity index (χ0v) is 16.7. The van der Waals surface area contributed by atoms with Gasteiger partial charge in [0.2, 0.25) is 10.0 Å². The summed E-state index contributed by atoms with van der Waals surface area (Å²) < 4.78 is 33.3. The maximum atomic E-state index is 12.8. The Morgan fingerprint density at radius 2 is 2.00 bits per heavy atom. The number of amides is 1. The van der Waals surface area contributed by atoms with Gasteiger partial charge in [0.15, 0.2) is 0 Å². The van der Waals surface area contributed by atoms with Crippen LogP contribution in [0.4, 0.5) is 0 Å². The summed E-state index contributed by atoms with van der Waals surface area (Å²) in [5, 5.41) is 0. The van der Waals surface area contributed by atoms with E-state index in [1.165, 1.54) is 24.5 Å². The lowest BCUT2D eigenvalue weighted by atomic mass is 9.97. The van der Waals surface area contributed by atoms with Crippen molar-refractivity contribution < 1.29 is 17.9 Å². The Balaban J connectivity index is 1.69. The van der Waals surface area contributed by atoms with E-state index in [1.807, 2.05) is 6.92 Å². The van der Waals surface area contributed by atoms with E-state index in [-0.39, 0.29) is 10.8 Å². The molecule has 27 heavy (non-hydrogen) atoms. The first-order chi connectivity index (χ1) is 13.0. The van der Waals surface area contributed by atoms with Gasteiger partial charge in [0.1, 0.15) is 0 Å². The van der Waals surface area contributed by atoms with Crippen molar-refractivity contribution in [3.63, 3.8) is 0 Å². The number of nitrogens with zero attached hydrogens (tertiary/aromatic N) is 1. The van der Waals surface area contributed by atoms with Gasteiger partial charge in [0.25, 0.3) is 5.91 Å². The zero-order chi connectivity index (χ0) is 19.3. The van der Waals surface area contributed by atoms with Gasteiger partial charge in [-0.25, -0.2) is 13.1 Å². The highest BCUT2D eigenvalue weighted by Gasteiger charge is 2.23. The first-order valence-electron chi connectivity index (χ1n) is 9.62. The van der Waals surface area contributed by atoms with Gasteiger partial charge in [0.05, 0.1) is 18.1 Å². The van der Waals surface area contributed by atoms with Crippen LogP contribution in [0.25, 0.3) is 0 Å². The molecule has 0 radical (unpaired) electrons. The van der Waals surface area contributed by atoms with Gasteiger partial charge >= 0.3 is 0 Å². The van der Waals surface area contributed by atoms with Crippen molar-refractivity contribution in [2.75, 3.05) is 32.8 Å². The summed E-state index contributed by atoms with van der Waals surface area (Å²) in [6, 6.07) is 4.76. The minimum absolute atomic E-state index is 0.139. The number of nitrogens with one attached hydrogen (secondary N) is 1. The number of allylic oxidation sites excluding steroid dienone is 1. The van der Waals surface area contributed by atoms with Crippen LogP contribution in [0.3, 0.4) is 0 Å². The van der Waals surface area contributed by atoms with Gasteiger partial charge < -0.3 is 9.64 Å². The highest BCUT2D eigenvalue weighted by molar-refractivity contribution is 7.89. The average Bonchev–Trinajstić information content (AvgIpc) is 2.69. The maximum absolute atomic E-state index is 12.8. The van der Waals surface area contributed by atoms with Crippen molar-refractivity contribution >= 4 is 15.9 Å². The number of hydrogen-bond donors (Lipinski definition) is 1. The summed E-state index contributed by atoms with van der Waals surface area (Å²) in [7, 11) is -3.64. The van der Waals surface area contributed by atoms with E-state index in [0.29, 0.717) is 38.4 Å². The molecule has 1 amide bonds. The lowest BCUT2D eigenvalue weighted by molar-refractivity contribution is 0.0302. The summed E-state index contributed by atoms with van der Waals surface area (Å²) in [4.78, 5) is 14.6. The third kappa shape index (κ3) is 5.18. The smallest absolute Gasteiger partial charge is 0.254 e. The predicted molar refractivity (Wildman–Crippen MR) is 104 cm³/mol. The minimum Gasteiger partial charge on any atom is -0.378 e. The number of rotatable bonds is 6. The second-order valence-electron chi connectivity index (χ2n) is 7.14. The quantitative estimate of drug-likeness (QED) is 0.755. The van der Waals surface area contributed by atoms with Crippen molar-refractivity contribution in [1.29, 1.82) is 0 Å². The largest absolute Gasteiger partial charge is 0.378 e. The Labute approximate surface area is 161 Å². The van der Waals surface area contributed by atoms with Gasteiger partial charge in [-0.15, -0.1) is 0 Å². The fourth-order valence-electron chi connectivity index (χ4n) is 3.50. The van der Waals surface area contributed by atoms with E-state index in [2.05, 4.69) is 10.8 Å². The molecule has 0 unspecified atom stereocenters. The molecule has 0 aromatic heterocycles. The van der Waals surface area contributed by atoms with Crippen molar-refractivity contribution in [2.45, 2.75) is 43.9 Å². The highest BCUT2D eigenvalue weighted by atomic mass is 32.2. The average molecular weight is 393 g/mol.